The third-order valence-corrected chi connectivity index (χ3v) is 6.09. The van der Waals surface area contributed by atoms with Crippen LogP contribution >= 0.6 is 0 Å². The van der Waals surface area contributed by atoms with Gasteiger partial charge in [-0.15, -0.1) is 0 Å². The van der Waals surface area contributed by atoms with Gasteiger partial charge >= 0.3 is 12.6 Å². The molecule has 3 rings (SSSR count). The quantitative estimate of drug-likeness (QED) is 0.200. The molecule has 220 valence electrons. The van der Waals surface area contributed by atoms with Gasteiger partial charge in [-0.1, -0.05) is 12.5 Å². The van der Waals surface area contributed by atoms with Crippen molar-refractivity contribution in [3.05, 3.63) is 53.9 Å². The molecule has 9 nitrogen and oxygen atoms in total. The Labute approximate surface area is 231 Å². The molecule has 1 fully saturated rings. The van der Waals surface area contributed by atoms with Gasteiger partial charge in [0.15, 0.2) is 6.61 Å². The number of halogens is 3. The first-order chi connectivity index (χ1) is 19.1. The summed E-state index contributed by atoms with van der Waals surface area (Å²) in [5, 5.41) is 25.5. The van der Waals surface area contributed by atoms with E-state index >= 15 is 0 Å². The highest BCUT2D eigenvalue weighted by molar-refractivity contribution is 5.68. The molecule has 2 atom stereocenters. The molecule has 0 saturated heterocycles. The summed E-state index contributed by atoms with van der Waals surface area (Å²) in [7, 11) is 1.58. The second-order valence-corrected chi connectivity index (χ2v) is 8.91. The number of benzene rings is 1. The fourth-order valence-electron chi connectivity index (χ4n) is 4.27. The average Bonchev–Trinajstić information content (AvgIpc) is 3.14. The van der Waals surface area contributed by atoms with E-state index in [2.05, 4.69) is 11.1 Å². The Morgan fingerprint density at radius 3 is 2.52 bits per heavy atom. The summed E-state index contributed by atoms with van der Waals surface area (Å²) in [5.74, 6) is 0.902. The van der Waals surface area contributed by atoms with Crippen molar-refractivity contribution in [2.24, 2.45) is 11.0 Å². The van der Waals surface area contributed by atoms with E-state index in [1.165, 1.54) is 0 Å². The van der Waals surface area contributed by atoms with Crippen LogP contribution in [0.25, 0.3) is 0 Å². The van der Waals surface area contributed by atoms with Crippen LogP contribution in [0.4, 0.5) is 18.9 Å². The summed E-state index contributed by atoms with van der Waals surface area (Å²) in [6.07, 6.45) is 9.70. The van der Waals surface area contributed by atoms with E-state index in [0.717, 1.165) is 49.1 Å². The molecular formula is C28H36F3N3O6. The Hall–Kier alpha value is -3.80. The number of carboxylic acid groups (broad SMARTS) is 1. The van der Waals surface area contributed by atoms with Crippen molar-refractivity contribution in [2.75, 3.05) is 25.3 Å². The zero-order valence-corrected chi connectivity index (χ0v) is 22.8. The van der Waals surface area contributed by atoms with Gasteiger partial charge < -0.3 is 24.4 Å². The molecule has 0 amide bonds. The SMILES string of the molecule is C/C=C(/C1CCCC(O)CC1)N(/N=C/COc1ccc(OCC(=O)O)c(C)c1)c1ccc(OC)nc1.FC(F)F. The number of carbonyl (C=O) groups is 1. The number of pyridine rings is 1. The number of ether oxygens (including phenoxy) is 3. The number of allylic oxidation sites excluding steroid dienone is 2. The molecule has 1 heterocycles. The molecule has 2 aromatic rings. The number of aromatic nitrogens is 1. The standard InChI is InChI=1S/C27H35N3O6.CHF3/c1-4-24(20-6-5-7-22(31)10-8-20)30(21-9-13-26(34-3)28-17-21)29-14-15-35-23-11-12-25(19(2)16-23)36-18-27(32)33;2-1(3)4/h4,9,11-14,16-17,20,22,31H,5-8,10,15,18H2,1-3H3,(H,32,33);1H/b24-4-,29-14+;. The normalized spacial score (nSPS) is 17.6. The van der Waals surface area contributed by atoms with Crippen LogP contribution in [0.5, 0.6) is 17.4 Å². The molecule has 1 aliphatic rings. The number of carboxylic acids is 1. The van der Waals surface area contributed by atoms with E-state index < -0.39 is 19.3 Å². The van der Waals surface area contributed by atoms with Crippen LogP contribution in [0.2, 0.25) is 0 Å². The molecule has 1 aromatic heterocycles. The van der Waals surface area contributed by atoms with Gasteiger partial charge in [0.05, 0.1) is 31.3 Å². The van der Waals surface area contributed by atoms with Crippen molar-refractivity contribution in [3.8, 4) is 17.4 Å². The van der Waals surface area contributed by atoms with E-state index in [1.54, 1.807) is 43.8 Å². The third kappa shape index (κ3) is 11.1. The molecule has 2 unspecified atom stereocenters. The van der Waals surface area contributed by atoms with Crippen LogP contribution < -0.4 is 19.2 Å². The lowest BCUT2D eigenvalue weighted by Crippen LogP contribution is -2.23. The second-order valence-electron chi connectivity index (χ2n) is 8.91. The van der Waals surface area contributed by atoms with E-state index in [-0.39, 0.29) is 18.6 Å². The number of aryl methyl sites for hydroxylation is 1. The number of anilines is 1. The molecule has 2 N–H and O–H groups in total. The third-order valence-electron chi connectivity index (χ3n) is 6.09. The van der Waals surface area contributed by atoms with Crippen molar-refractivity contribution >= 4 is 17.9 Å². The summed E-state index contributed by atoms with van der Waals surface area (Å²) in [6, 6.07) is 8.94. The highest BCUT2D eigenvalue weighted by atomic mass is 19.4. The van der Waals surface area contributed by atoms with Crippen molar-refractivity contribution in [2.45, 2.75) is 58.7 Å². The van der Waals surface area contributed by atoms with E-state index in [1.807, 2.05) is 24.9 Å². The Bertz CT molecular complexity index is 1110. The lowest BCUT2D eigenvalue weighted by Gasteiger charge is -2.28. The van der Waals surface area contributed by atoms with Gasteiger partial charge in [0.25, 0.3) is 0 Å². The summed E-state index contributed by atoms with van der Waals surface area (Å²) >= 11 is 0. The number of methoxy groups -OCH3 is 1. The van der Waals surface area contributed by atoms with E-state index in [0.29, 0.717) is 17.4 Å². The summed E-state index contributed by atoms with van der Waals surface area (Å²) in [4.78, 5) is 15.1. The van der Waals surface area contributed by atoms with Crippen molar-refractivity contribution in [1.29, 1.82) is 0 Å². The van der Waals surface area contributed by atoms with Crippen molar-refractivity contribution in [1.82, 2.24) is 4.98 Å². The van der Waals surface area contributed by atoms with Crippen LogP contribution in [-0.4, -0.2) is 60.5 Å². The maximum atomic E-state index is 10.7. The van der Waals surface area contributed by atoms with Crippen LogP contribution in [-0.2, 0) is 4.79 Å². The van der Waals surface area contributed by atoms with Gasteiger partial charge in [-0.3, -0.25) is 0 Å². The molecule has 0 radical (unpaired) electrons. The number of nitrogens with zero attached hydrogens (tertiary/aromatic N) is 3. The van der Waals surface area contributed by atoms with Gasteiger partial charge in [0, 0.05) is 17.7 Å². The Balaban J connectivity index is 0.00000131. The molecule has 40 heavy (non-hydrogen) atoms. The predicted octanol–water partition coefficient (Wildman–Crippen LogP) is 5.76. The first-order valence-corrected chi connectivity index (χ1v) is 12.8. The van der Waals surface area contributed by atoms with E-state index in [4.69, 9.17) is 24.4 Å². The number of aliphatic hydroxyl groups excluding tert-OH is 1. The summed E-state index contributed by atoms with van der Waals surface area (Å²) in [6.45, 7) is 0.00808. The van der Waals surface area contributed by atoms with Crippen molar-refractivity contribution < 1.29 is 42.4 Å². The largest absolute Gasteiger partial charge is 0.488 e. The fraction of sp³-hybridized carbons (Fsp3) is 0.464. The first-order valence-electron chi connectivity index (χ1n) is 12.8. The van der Waals surface area contributed by atoms with Crippen LogP contribution in [0.3, 0.4) is 0 Å². The first kappa shape index (κ1) is 32.4. The zero-order valence-electron chi connectivity index (χ0n) is 22.8. The second kappa shape index (κ2) is 17.0. The summed E-state index contributed by atoms with van der Waals surface area (Å²) in [5.41, 5.74) is 2.65. The number of aliphatic hydroxyl groups is 1. The minimum atomic E-state index is -3.67. The molecule has 1 saturated carbocycles. The molecule has 0 spiro atoms. The van der Waals surface area contributed by atoms with Crippen molar-refractivity contribution in [3.63, 3.8) is 0 Å². The summed E-state index contributed by atoms with van der Waals surface area (Å²) < 4.78 is 45.3. The number of rotatable bonds is 11. The molecule has 0 bridgehead atoms. The zero-order chi connectivity index (χ0) is 29.5. The number of hydrogen-bond donors (Lipinski definition) is 2. The van der Waals surface area contributed by atoms with Crippen LogP contribution in [0.15, 0.2) is 53.4 Å². The van der Waals surface area contributed by atoms with Gasteiger partial charge in [-0.05, 0) is 69.4 Å². The molecule has 1 aromatic carbocycles. The number of aliphatic carboxylic acids is 1. The van der Waals surface area contributed by atoms with E-state index in [9.17, 15) is 23.1 Å². The topological polar surface area (TPSA) is 114 Å². The highest BCUT2D eigenvalue weighted by Gasteiger charge is 2.24. The molecular weight excluding hydrogens is 531 g/mol. The van der Waals surface area contributed by atoms with Gasteiger partial charge in [-0.2, -0.15) is 18.3 Å². The molecule has 0 aliphatic heterocycles. The molecule has 1 aliphatic carbocycles. The van der Waals surface area contributed by atoms with Gasteiger partial charge in [0.1, 0.15) is 18.1 Å². The van der Waals surface area contributed by atoms with Gasteiger partial charge in [-0.25, -0.2) is 14.8 Å². The fourth-order valence-corrected chi connectivity index (χ4v) is 4.27. The lowest BCUT2D eigenvalue weighted by atomic mass is 9.95. The monoisotopic (exact) mass is 567 g/mol. The smallest absolute Gasteiger partial charge is 0.379 e. The minimum Gasteiger partial charge on any atom is -0.488 e. The Kier molecular flexibility index (Phi) is 13.8. The average molecular weight is 568 g/mol. The van der Waals surface area contributed by atoms with Crippen LogP contribution in [0.1, 0.15) is 44.6 Å². The minimum absolute atomic E-state index is 0.231. The number of hydrazone groups is 1. The number of hydrogen-bond acceptors (Lipinski definition) is 8. The Morgan fingerprint density at radius 2 is 1.93 bits per heavy atom. The van der Waals surface area contributed by atoms with Crippen LogP contribution in [0, 0.1) is 12.8 Å². The highest BCUT2D eigenvalue weighted by Crippen LogP contribution is 2.34. The Morgan fingerprint density at radius 1 is 1.18 bits per heavy atom. The lowest BCUT2D eigenvalue weighted by molar-refractivity contribution is -0.139. The molecule has 12 heteroatoms. The predicted molar refractivity (Wildman–Crippen MR) is 145 cm³/mol. The number of alkyl halides is 3. The maximum absolute atomic E-state index is 10.7. The maximum Gasteiger partial charge on any atom is 0.379 e. The van der Waals surface area contributed by atoms with Gasteiger partial charge in [0.2, 0.25) is 5.88 Å².